The van der Waals surface area contributed by atoms with E-state index < -0.39 is 23.4 Å². The van der Waals surface area contributed by atoms with Gasteiger partial charge in [-0.3, -0.25) is 5.32 Å². The molecule has 3 aromatic carbocycles. The number of nitrogens with one attached hydrogen (secondary N) is 1. The van der Waals surface area contributed by atoms with Gasteiger partial charge >= 0.3 is 12.1 Å². The number of rotatable bonds is 4. The molecule has 0 bridgehead atoms. The van der Waals surface area contributed by atoms with E-state index in [0.717, 1.165) is 22.3 Å². The first-order valence-electron chi connectivity index (χ1n) is 9.61. The SMILES string of the molecule is C[C@@]1(C2(c3ccc(-c4ccccc4)c(-c4ccccc4)c3)OCO2)NC(=O)OC1=O. The highest BCUT2D eigenvalue weighted by molar-refractivity contribution is 5.99. The largest absolute Gasteiger partial charge is 0.416 e. The van der Waals surface area contributed by atoms with E-state index in [4.69, 9.17) is 14.2 Å². The summed E-state index contributed by atoms with van der Waals surface area (Å²) in [5.74, 6) is -2.20. The molecule has 5 rings (SSSR count). The highest BCUT2D eigenvalue weighted by Crippen LogP contribution is 2.48. The summed E-state index contributed by atoms with van der Waals surface area (Å²) in [7, 11) is 0. The quantitative estimate of drug-likeness (QED) is 0.524. The van der Waals surface area contributed by atoms with E-state index in [2.05, 4.69) is 5.32 Å². The summed E-state index contributed by atoms with van der Waals surface area (Å²) in [6.45, 7) is 1.56. The van der Waals surface area contributed by atoms with Gasteiger partial charge in [-0.1, -0.05) is 72.8 Å². The molecule has 2 aliphatic heterocycles. The topological polar surface area (TPSA) is 73.9 Å². The number of ether oxygens (including phenoxy) is 3. The second-order valence-corrected chi connectivity index (χ2v) is 7.44. The summed E-state index contributed by atoms with van der Waals surface area (Å²) in [5.41, 5.74) is 3.18. The normalized spacial score (nSPS) is 22.2. The number of benzene rings is 3. The van der Waals surface area contributed by atoms with Crippen molar-refractivity contribution in [2.24, 2.45) is 0 Å². The van der Waals surface area contributed by atoms with Crippen molar-refractivity contribution in [3.63, 3.8) is 0 Å². The summed E-state index contributed by atoms with van der Waals surface area (Å²) in [4.78, 5) is 24.2. The second kappa shape index (κ2) is 6.79. The highest BCUT2D eigenvalue weighted by atomic mass is 16.9. The van der Waals surface area contributed by atoms with Crippen molar-refractivity contribution >= 4 is 12.1 Å². The van der Waals surface area contributed by atoms with E-state index in [1.54, 1.807) is 6.92 Å². The molecule has 3 aromatic rings. The van der Waals surface area contributed by atoms with Gasteiger partial charge in [-0.25, -0.2) is 9.59 Å². The minimum Gasteiger partial charge on any atom is -0.374 e. The molecule has 2 saturated heterocycles. The molecule has 0 unspecified atom stereocenters. The van der Waals surface area contributed by atoms with Gasteiger partial charge in [-0.15, -0.1) is 0 Å². The van der Waals surface area contributed by atoms with Gasteiger partial charge in [0.05, 0.1) is 0 Å². The first-order valence-corrected chi connectivity index (χ1v) is 9.61. The second-order valence-electron chi connectivity index (χ2n) is 7.44. The average Bonchev–Trinajstić information content (AvgIpc) is 3.00. The molecule has 6 nitrogen and oxygen atoms in total. The third-order valence-corrected chi connectivity index (χ3v) is 5.70. The van der Waals surface area contributed by atoms with Crippen LogP contribution in [0, 0.1) is 0 Å². The highest BCUT2D eigenvalue weighted by Gasteiger charge is 2.66. The van der Waals surface area contributed by atoms with Crippen LogP contribution in [-0.4, -0.2) is 24.4 Å². The van der Waals surface area contributed by atoms with Crippen molar-refractivity contribution in [3.05, 3.63) is 84.4 Å². The number of hydrogen-bond donors (Lipinski definition) is 1. The predicted octanol–water partition coefficient (Wildman–Crippen LogP) is 4.20. The van der Waals surface area contributed by atoms with Gasteiger partial charge in [-0.05, 0) is 35.2 Å². The van der Waals surface area contributed by atoms with E-state index in [9.17, 15) is 9.59 Å². The Hall–Kier alpha value is -3.48. The lowest BCUT2D eigenvalue weighted by Crippen LogP contribution is -2.67. The van der Waals surface area contributed by atoms with Crippen LogP contribution in [0.4, 0.5) is 4.79 Å². The zero-order valence-electron chi connectivity index (χ0n) is 16.3. The van der Waals surface area contributed by atoms with Crippen LogP contribution < -0.4 is 5.32 Å². The van der Waals surface area contributed by atoms with Crippen LogP contribution in [0.2, 0.25) is 0 Å². The molecule has 0 aliphatic carbocycles. The van der Waals surface area contributed by atoms with E-state index >= 15 is 0 Å². The van der Waals surface area contributed by atoms with Crippen LogP contribution >= 0.6 is 0 Å². The average molecular weight is 401 g/mol. The predicted molar refractivity (Wildman–Crippen MR) is 109 cm³/mol. The fourth-order valence-corrected chi connectivity index (χ4v) is 4.08. The van der Waals surface area contributed by atoms with Gasteiger partial charge in [0.25, 0.3) is 0 Å². The number of cyclic esters (lactones) is 2. The van der Waals surface area contributed by atoms with Crippen LogP contribution in [0.25, 0.3) is 22.3 Å². The maximum Gasteiger partial charge on any atom is 0.416 e. The third kappa shape index (κ3) is 2.65. The molecule has 2 aliphatic rings. The van der Waals surface area contributed by atoms with E-state index in [-0.39, 0.29) is 6.79 Å². The summed E-state index contributed by atoms with van der Waals surface area (Å²) in [5, 5.41) is 2.57. The van der Waals surface area contributed by atoms with Crippen LogP contribution in [0.1, 0.15) is 12.5 Å². The van der Waals surface area contributed by atoms with Gasteiger partial charge in [0.2, 0.25) is 5.79 Å². The van der Waals surface area contributed by atoms with Crippen LogP contribution in [0.15, 0.2) is 78.9 Å². The molecule has 2 fully saturated rings. The fraction of sp³-hybridized carbons (Fsp3) is 0.167. The number of alkyl carbamates (subject to hydrolysis) is 1. The van der Waals surface area contributed by atoms with Crippen molar-refractivity contribution in [2.75, 3.05) is 6.79 Å². The van der Waals surface area contributed by atoms with Crippen molar-refractivity contribution in [1.82, 2.24) is 5.32 Å². The minimum atomic E-state index is -1.50. The van der Waals surface area contributed by atoms with Crippen LogP contribution in [0.3, 0.4) is 0 Å². The van der Waals surface area contributed by atoms with Gasteiger partial charge in [0.15, 0.2) is 12.3 Å². The maximum atomic E-state index is 12.5. The molecule has 0 aromatic heterocycles. The Labute approximate surface area is 173 Å². The number of amides is 1. The molecule has 0 radical (unpaired) electrons. The Bertz CT molecular complexity index is 1120. The van der Waals surface area contributed by atoms with E-state index in [1.165, 1.54) is 0 Å². The summed E-state index contributed by atoms with van der Waals surface area (Å²) < 4.78 is 16.4. The molecule has 30 heavy (non-hydrogen) atoms. The molecule has 6 heteroatoms. The molecule has 0 spiro atoms. The smallest absolute Gasteiger partial charge is 0.374 e. The fourth-order valence-electron chi connectivity index (χ4n) is 4.08. The Kier molecular flexibility index (Phi) is 4.20. The first-order chi connectivity index (χ1) is 14.5. The number of hydrogen-bond acceptors (Lipinski definition) is 5. The number of carbonyl (C=O) groups is 2. The lowest BCUT2D eigenvalue weighted by Gasteiger charge is -2.49. The standard InChI is InChI=1S/C24H19NO5/c1-23(21(26)30-22(27)25-23)24(28-15-29-24)18-12-13-19(16-8-4-2-5-9-16)20(14-18)17-10-6-3-7-11-17/h2-14H,15H2,1H3,(H,25,27)/t23-/m1/s1. The minimum absolute atomic E-state index is 0.0137. The Morgan fingerprint density at radius 3 is 1.90 bits per heavy atom. The van der Waals surface area contributed by atoms with Crippen LogP contribution in [-0.2, 0) is 24.8 Å². The van der Waals surface area contributed by atoms with Gasteiger partial charge in [0.1, 0.15) is 0 Å². The summed E-state index contributed by atoms with van der Waals surface area (Å²) in [6, 6.07) is 25.8. The first kappa shape index (κ1) is 18.5. The number of carbonyl (C=O) groups excluding carboxylic acids is 2. The van der Waals surface area contributed by atoms with Gasteiger partial charge in [-0.2, -0.15) is 0 Å². The lowest BCUT2D eigenvalue weighted by atomic mass is 9.82. The Morgan fingerprint density at radius 2 is 1.40 bits per heavy atom. The van der Waals surface area contributed by atoms with Gasteiger partial charge < -0.3 is 14.2 Å². The van der Waals surface area contributed by atoms with Gasteiger partial charge in [0, 0.05) is 5.56 Å². The molecule has 150 valence electrons. The van der Waals surface area contributed by atoms with Crippen LogP contribution in [0.5, 0.6) is 0 Å². The Balaban J connectivity index is 1.69. The number of esters is 1. The maximum absolute atomic E-state index is 12.5. The summed E-state index contributed by atoms with van der Waals surface area (Å²) >= 11 is 0. The van der Waals surface area contributed by atoms with Crippen molar-refractivity contribution in [2.45, 2.75) is 18.2 Å². The molecule has 1 atom stereocenters. The Morgan fingerprint density at radius 1 is 0.800 bits per heavy atom. The molecule has 1 N–H and O–H groups in total. The molecular weight excluding hydrogens is 382 g/mol. The van der Waals surface area contributed by atoms with E-state index in [0.29, 0.717) is 5.56 Å². The van der Waals surface area contributed by atoms with Crippen molar-refractivity contribution < 1.29 is 23.8 Å². The molecule has 0 saturated carbocycles. The molecule has 2 heterocycles. The van der Waals surface area contributed by atoms with E-state index in [1.807, 2.05) is 78.9 Å². The lowest BCUT2D eigenvalue weighted by molar-refractivity contribution is -0.428. The monoisotopic (exact) mass is 401 g/mol. The molecular formula is C24H19NO5. The summed E-state index contributed by atoms with van der Waals surface area (Å²) in [6.07, 6.45) is -0.815. The molecule has 1 amide bonds. The third-order valence-electron chi connectivity index (χ3n) is 5.70. The zero-order chi connectivity index (χ0) is 20.8. The zero-order valence-corrected chi connectivity index (χ0v) is 16.3. The van der Waals surface area contributed by atoms with Crippen molar-refractivity contribution in [3.8, 4) is 22.3 Å². The van der Waals surface area contributed by atoms with Crippen molar-refractivity contribution in [1.29, 1.82) is 0 Å².